The van der Waals surface area contributed by atoms with Crippen molar-refractivity contribution >= 4 is 17.3 Å². The summed E-state index contributed by atoms with van der Waals surface area (Å²) in [7, 11) is 0. The highest BCUT2D eigenvalue weighted by molar-refractivity contribution is 6.26. The number of rotatable bonds is 5. The van der Waals surface area contributed by atoms with Crippen LogP contribution >= 0.6 is 0 Å². The van der Waals surface area contributed by atoms with Crippen LogP contribution in [-0.4, -0.2) is 24.0 Å². The number of Topliss-reactive ketones (excluding diaryl/α,β-unsaturated/α-hetero) is 1. The molecule has 0 aromatic heterocycles. The number of ether oxygens (including phenoxy) is 2. The van der Waals surface area contributed by atoms with Crippen molar-refractivity contribution in [2.24, 2.45) is 17.8 Å². The molecule has 0 amide bonds. The molecule has 0 N–H and O–H groups in total. The molecular formula is C24H30O4. The van der Waals surface area contributed by atoms with Crippen LogP contribution in [0.5, 0.6) is 0 Å². The van der Waals surface area contributed by atoms with Crippen molar-refractivity contribution in [2.45, 2.75) is 72.5 Å². The van der Waals surface area contributed by atoms with Crippen molar-refractivity contribution in [3.8, 4) is 0 Å². The quantitative estimate of drug-likeness (QED) is 0.708. The van der Waals surface area contributed by atoms with E-state index in [1.165, 1.54) is 5.56 Å². The highest BCUT2D eigenvalue weighted by Crippen LogP contribution is 2.55. The number of hydrogen-bond donors (Lipinski definition) is 0. The average molecular weight is 383 g/mol. The number of esters is 1. The summed E-state index contributed by atoms with van der Waals surface area (Å²) in [6.07, 6.45) is 3.49. The fourth-order valence-corrected chi connectivity index (χ4v) is 5.21. The second-order valence-corrected chi connectivity index (χ2v) is 8.69. The zero-order valence-electron chi connectivity index (χ0n) is 17.5. The van der Waals surface area contributed by atoms with Gasteiger partial charge in [0.25, 0.3) is 0 Å². The standard InChI is InChI=1S/C24H30O4/c1-6-14-10-13(5)11-15(7-2)18(14)21-22(25)19-16-8-9-17(27-16)20(19)23(21)28-24(26)12(3)4/h10-12,16-17,19-20H,6-9H2,1-5H3/t16?,17?,19-,20+/m0/s1. The number of fused-ring (bicyclic) bond motifs is 5. The maximum absolute atomic E-state index is 13.6. The van der Waals surface area contributed by atoms with Crippen molar-refractivity contribution in [1.29, 1.82) is 0 Å². The zero-order valence-corrected chi connectivity index (χ0v) is 17.5. The van der Waals surface area contributed by atoms with Gasteiger partial charge in [0.05, 0.1) is 35.5 Å². The van der Waals surface area contributed by atoms with Crippen LogP contribution < -0.4 is 0 Å². The summed E-state index contributed by atoms with van der Waals surface area (Å²) in [5.41, 5.74) is 5.17. The summed E-state index contributed by atoms with van der Waals surface area (Å²) in [6.45, 7) is 9.98. The Morgan fingerprint density at radius 2 is 1.68 bits per heavy atom. The second kappa shape index (κ2) is 7.14. The molecule has 0 spiro atoms. The van der Waals surface area contributed by atoms with E-state index in [1.54, 1.807) is 0 Å². The lowest BCUT2D eigenvalue weighted by Gasteiger charge is -2.22. The van der Waals surface area contributed by atoms with Crippen molar-refractivity contribution in [1.82, 2.24) is 0 Å². The third-order valence-corrected chi connectivity index (χ3v) is 6.51. The first-order chi connectivity index (χ1) is 13.4. The number of hydrogen-bond acceptors (Lipinski definition) is 4. The Morgan fingerprint density at radius 3 is 2.21 bits per heavy atom. The molecule has 4 heteroatoms. The lowest BCUT2D eigenvalue weighted by Crippen LogP contribution is -2.30. The molecule has 4 rings (SSSR count). The maximum Gasteiger partial charge on any atom is 0.313 e. The highest BCUT2D eigenvalue weighted by atomic mass is 16.5. The molecule has 2 unspecified atom stereocenters. The number of benzene rings is 1. The molecule has 0 radical (unpaired) electrons. The van der Waals surface area contributed by atoms with Gasteiger partial charge in [-0.3, -0.25) is 9.59 Å². The fourth-order valence-electron chi connectivity index (χ4n) is 5.21. The smallest absolute Gasteiger partial charge is 0.313 e. The van der Waals surface area contributed by atoms with E-state index in [0.29, 0.717) is 11.3 Å². The first kappa shape index (κ1) is 19.4. The first-order valence-electron chi connectivity index (χ1n) is 10.7. The average Bonchev–Trinajstić information content (AvgIpc) is 3.35. The van der Waals surface area contributed by atoms with E-state index in [1.807, 2.05) is 13.8 Å². The topological polar surface area (TPSA) is 52.6 Å². The molecule has 1 aliphatic carbocycles. The van der Waals surface area contributed by atoms with E-state index in [0.717, 1.165) is 42.4 Å². The molecule has 0 saturated carbocycles. The summed E-state index contributed by atoms with van der Waals surface area (Å²) in [5.74, 6) is -0.131. The Hall–Kier alpha value is -1.94. The summed E-state index contributed by atoms with van der Waals surface area (Å²) in [6, 6.07) is 4.33. The van der Waals surface area contributed by atoms with Crippen LogP contribution in [0.2, 0.25) is 0 Å². The van der Waals surface area contributed by atoms with Crippen molar-refractivity contribution in [3.63, 3.8) is 0 Å². The predicted octanol–water partition coefficient (Wildman–Crippen LogP) is 4.41. The summed E-state index contributed by atoms with van der Waals surface area (Å²) < 4.78 is 12.0. The van der Waals surface area contributed by atoms with Crippen LogP contribution in [0.3, 0.4) is 0 Å². The lowest BCUT2D eigenvalue weighted by molar-refractivity contribution is -0.144. The van der Waals surface area contributed by atoms with Gasteiger partial charge in [-0.1, -0.05) is 45.4 Å². The van der Waals surface area contributed by atoms with E-state index >= 15 is 0 Å². The molecule has 4 atom stereocenters. The van der Waals surface area contributed by atoms with Gasteiger partial charge in [-0.15, -0.1) is 0 Å². The minimum atomic E-state index is -0.271. The largest absolute Gasteiger partial charge is 0.430 e. The van der Waals surface area contributed by atoms with Crippen LogP contribution in [-0.2, 0) is 31.9 Å². The van der Waals surface area contributed by atoms with Gasteiger partial charge in [-0.25, -0.2) is 0 Å². The Bertz CT molecular complexity index is 838. The van der Waals surface area contributed by atoms with Crippen LogP contribution in [0, 0.1) is 24.7 Å². The zero-order chi connectivity index (χ0) is 20.2. The number of carbonyl (C=O) groups excluding carboxylic acids is 2. The highest BCUT2D eigenvalue weighted by Gasteiger charge is 2.60. The van der Waals surface area contributed by atoms with Crippen molar-refractivity contribution in [3.05, 3.63) is 40.1 Å². The third-order valence-electron chi connectivity index (χ3n) is 6.51. The molecule has 1 aromatic rings. The van der Waals surface area contributed by atoms with Gasteiger partial charge in [0, 0.05) is 0 Å². The second-order valence-electron chi connectivity index (χ2n) is 8.69. The number of aryl methyl sites for hydroxylation is 3. The molecule has 2 heterocycles. The third kappa shape index (κ3) is 2.85. The normalized spacial score (nSPS) is 28.4. The van der Waals surface area contributed by atoms with E-state index in [2.05, 4.69) is 32.9 Å². The van der Waals surface area contributed by atoms with Gasteiger partial charge in [-0.05, 0) is 49.3 Å². The molecule has 4 nitrogen and oxygen atoms in total. The molecule has 2 bridgehead atoms. The van der Waals surface area contributed by atoms with E-state index in [-0.39, 0.29) is 41.7 Å². The molecule has 2 fully saturated rings. The van der Waals surface area contributed by atoms with Gasteiger partial charge < -0.3 is 9.47 Å². The Labute approximate surface area is 167 Å². The summed E-state index contributed by atoms with van der Waals surface area (Å²) in [5, 5.41) is 0. The summed E-state index contributed by atoms with van der Waals surface area (Å²) >= 11 is 0. The first-order valence-corrected chi connectivity index (χ1v) is 10.7. The van der Waals surface area contributed by atoms with Crippen LogP contribution in [0.15, 0.2) is 17.9 Å². The Morgan fingerprint density at radius 1 is 1.11 bits per heavy atom. The molecule has 2 aliphatic heterocycles. The molecule has 1 aromatic carbocycles. The minimum absolute atomic E-state index is 0.00739. The Balaban J connectivity index is 1.92. The molecule has 2 saturated heterocycles. The number of ketones is 1. The van der Waals surface area contributed by atoms with Crippen molar-refractivity contribution in [2.75, 3.05) is 0 Å². The fraction of sp³-hybridized carbons (Fsp3) is 0.583. The lowest BCUT2D eigenvalue weighted by atomic mass is 9.80. The molecule has 150 valence electrons. The van der Waals surface area contributed by atoms with Crippen LogP contribution in [0.25, 0.3) is 5.57 Å². The van der Waals surface area contributed by atoms with Gasteiger partial charge >= 0.3 is 5.97 Å². The van der Waals surface area contributed by atoms with Gasteiger partial charge in [0.2, 0.25) is 0 Å². The number of carbonyl (C=O) groups is 2. The van der Waals surface area contributed by atoms with E-state index < -0.39 is 0 Å². The van der Waals surface area contributed by atoms with E-state index in [9.17, 15) is 9.59 Å². The number of allylic oxidation sites excluding steroid dienone is 1. The van der Waals surface area contributed by atoms with Crippen LogP contribution in [0.4, 0.5) is 0 Å². The van der Waals surface area contributed by atoms with Gasteiger partial charge in [-0.2, -0.15) is 0 Å². The van der Waals surface area contributed by atoms with Crippen LogP contribution in [0.1, 0.15) is 62.8 Å². The maximum atomic E-state index is 13.6. The van der Waals surface area contributed by atoms with Crippen molar-refractivity contribution < 1.29 is 19.1 Å². The monoisotopic (exact) mass is 382 g/mol. The molecule has 28 heavy (non-hydrogen) atoms. The van der Waals surface area contributed by atoms with Gasteiger partial charge in [0.15, 0.2) is 5.78 Å². The Kier molecular flexibility index (Phi) is 4.95. The predicted molar refractivity (Wildman–Crippen MR) is 108 cm³/mol. The molecular weight excluding hydrogens is 352 g/mol. The summed E-state index contributed by atoms with van der Waals surface area (Å²) in [4.78, 5) is 26.2. The molecule has 3 aliphatic rings. The van der Waals surface area contributed by atoms with E-state index in [4.69, 9.17) is 9.47 Å². The SMILES string of the molecule is CCc1cc(C)cc(CC)c1C1=C(OC(=O)C(C)C)[C@@H]2C3CCC(O3)[C@@H]2C1=O. The minimum Gasteiger partial charge on any atom is -0.430 e. The van der Waals surface area contributed by atoms with Gasteiger partial charge in [0.1, 0.15) is 5.76 Å².